The van der Waals surface area contributed by atoms with Crippen LogP contribution in [0.5, 0.6) is 11.5 Å². The van der Waals surface area contributed by atoms with E-state index in [0.29, 0.717) is 0 Å². The molecule has 0 aliphatic carbocycles. The quantitative estimate of drug-likeness (QED) is 0.901. The number of aliphatic hydroxyl groups excluding tert-OH is 1. The van der Waals surface area contributed by atoms with Gasteiger partial charge in [0.2, 0.25) is 0 Å². The van der Waals surface area contributed by atoms with E-state index in [-0.39, 0.29) is 12.6 Å². The topological polar surface area (TPSA) is 55.5 Å². The van der Waals surface area contributed by atoms with Crippen LogP contribution in [0, 0.1) is 0 Å². The van der Waals surface area contributed by atoms with Crippen molar-refractivity contribution in [2.75, 3.05) is 0 Å². The lowest BCUT2D eigenvalue weighted by Crippen LogP contribution is -2.04. The summed E-state index contributed by atoms with van der Waals surface area (Å²) in [6.07, 6.45) is 0. The van der Waals surface area contributed by atoms with Gasteiger partial charge in [-0.05, 0) is 58.2 Å². The third-order valence-corrected chi connectivity index (χ3v) is 3.44. The normalized spacial score (nSPS) is 12.2. The monoisotopic (exact) mass is 321 g/mol. The molecule has 0 heterocycles. The predicted octanol–water partition coefficient (Wildman–Crippen LogP) is 3.75. The molecular formula is C15H16BrNO2. The standard InChI is InChI=1S/C15H16BrNO2/c1-10(17)12-4-7-15(14(16)8-12)19-13-5-2-11(9-18)3-6-13/h2-8,10,18H,9,17H2,1H3/t10-/m0/s1. The van der Waals surface area contributed by atoms with E-state index in [9.17, 15) is 0 Å². The van der Waals surface area contributed by atoms with E-state index in [0.717, 1.165) is 27.1 Å². The summed E-state index contributed by atoms with van der Waals surface area (Å²) < 4.78 is 6.64. The van der Waals surface area contributed by atoms with Crippen LogP contribution in [0.3, 0.4) is 0 Å². The molecule has 0 saturated carbocycles. The first-order valence-corrected chi connectivity index (χ1v) is 6.82. The fourth-order valence-electron chi connectivity index (χ4n) is 1.67. The molecule has 100 valence electrons. The average molecular weight is 322 g/mol. The minimum atomic E-state index is -0.00538. The molecule has 0 aliphatic rings. The predicted molar refractivity (Wildman–Crippen MR) is 79.2 cm³/mol. The molecule has 0 bridgehead atoms. The molecule has 0 spiro atoms. The van der Waals surface area contributed by atoms with Gasteiger partial charge in [-0.25, -0.2) is 0 Å². The van der Waals surface area contributed by atoms with Crippen LogP contribution >= 0.6 is 15.9 Å². The molecule has 0 aliphatic heterocycles. The first kappa shape index (κ1) is 14.1. The van der Waals surface area contributed by atoms with E-state index < -0.39 is 0 Å². The van der Waals surface area contributed by atoms with Crippen LogP contribution in [0.2, 0.25) is 0 Å². The van der Waals surface area contributed by atoms with Crippen LogP contribution in [-0.4, -0.2) is 5.11 Å². The van der Waals surface area contributed by atoms with Crippen molar-refractivity contribution in [1.82, 2.24) is 0 Å². The van der Waals surface area contributed by atoms with E-state index in [1.807, 2.05) is 49.4 Å². The minimum absolute atomic E-state index is 0.00538. The van der Waals surface area contributed by atoms with Gasteiger partial charge in [-0.15, -0.1) is 0 Å². The van der Waals surface area contributed by atoms with Gasteiger partial charge in [-0.3, -0.25) is 0 Å². The van der Waals surface area contributed by atoms with Crippen LogP contribution in [-0.2, 0) is 6.61 Å². The van der Waals surface area contributed by atoms with Gasteiger partial charge in [-0.2, -0.15) is 0 Å². The number of hydrogen-bond donors (Lipinski definition) is 2. The van der Waals surface area contributed by atoms with Crippen molar-refractivity contribution >= 4 is 15.9 Å². The lowest BCUT2D eigenvalue weighted by molar-refractivity contribution is 0.281. The maximum Gasteiger partial charge on any atom is 0.141 e. The van der Waals surface area contributed by atoms with Crippen molar-refractivity contribution in [2.45, 2.75) is 19.6 Å². The molecule has 2 aromatic carbocycles. The third-order valence-electron chi connectivity index (χ3n) is 2.82. The largest absolute Gasteiger partial charge is 0.456 e. The zero-order valence-corrected chi connectivity index (χ0v) is 12.2. The van der Waals surface area contributed by atoms with Crippen LogP contribution in [0.4, 0.5) is 0 Å². The first-order valence-electron chi connectivity index (χ1n) is 6.03. The van der Waals surface area contributed by atoms with Gasteiger partial charge in [0.25, 0.3) is 0 Å². The number of rotatable bonds is 4. The summed E-state index contributed by atoms with van der Waals surface area (Å²) in [5.41, 5.74) is 7.74. The van der Waals surface area contributed by atoms with Gasteiger partial charge in [-0.1, -0.05) is 18.2 Å². The SMILES string of the molecule is C[C@H](N)c1ccc(Oc2ccc(CO)cc2)c(Br)c1. The molecule has 0 radical (unpaired) electrons. The van der Waals surface area contributed by atoms with E-state index in [1.165, 1.54) is 0 Å². The van der Waals surface area contributed by atoms with E-state index >= 15 is 0 Å². The summed E-state index contributed by atoms with van der Waals surface area (Å²) in [5, 5.41) is 8.98. The number of hydrogen-bond acceptors (Lipinski definition) is 3. The summed E-state index contributed by atoms with van der Waals surface area (Å²) in [5.74, 6) is 1.47. The van der Waals surface area contributed by atoms with Crippen molar-refractivity contribution in [1.29, 1.82) is 0 Å². The number of nitrogens with two attached hydrogens (primary N) is 1. The zero-order valence-electron chi connectivity index (χ0n) is 10.6. The van der Waals surface area contributed by atoms with E-state index in [4.69, 9.17) is 15.6 Å². The van der Waals surface area contributed by atoms with Gasteiger partial charge in [0, 0.05) is 6.04 Å². The van der Waals surface area contributed by atoms with Gasteiger partial charge < -0.3 is 15.6 Å². The number of halogens is 1. The minimum Gasteiger partial charge on any atom is -0.456 e. The van der Waals surface area contributed by atoms with E-state index in [2.05, 4.69) is 15.9 Å². The van der Waals surface area contributed by atoms with Crippen molar-refractivity contribution in [3.05, 3.63) is 58.1 Å². The molecule has 19 heavy (non-hydrogen) atoms. The fourth-order valence-corrected chi connectivity index (χ4v) is 2.15. The Labute approximate surface area is 121 Å². The lowest BCUT2D eigenvalue weighted by Gasteiger charge is -2.11. The first-order chi connectivity index (χ1) is 9.10. The van der Waals surface area contributed by atoms with Gasteiger partial charge in [0.1, 0.15) is 11.5 Å². The molecule has 2 rings (SSSR count). The highest BCUT2D eigenvalue weighted by Crippen LogP contribution is 2.31. The second-order valence-electron chi connectivity index (χ2n) is 4.38. The Hall–Kier alpha value is -1.36. The average Bonchev–Trinajstić information content (AvgIpc) is 2.41. The highest BCUT2D eigenvalue weighted by atomic mass is 79.9. The molecule has 0 saturated heterocycles. The smallest absolute Gasteiger partial charge is 0.141 e. The molecule has 0 aromatic heterocycles. The zero-order chi connectivity index (χ0) is 13.8. The highest BCUT2D eigenvalue weighted by molar-refractivity contribution is 9.10. The number of ether oxygens (including phenoxy) is 1. The summed E-state index contributed by atoms with van der Waals surface area (Å²) in [6, 6.07) is 13.1. The molecule has 0 unspecified atom stereocenters. The summed E-state index contributed by atoms with van der Waals surface area (Å²) in [4.78, 5) is 0. The second kappa shape index (κ2) is 6.19. The molecule has 1 atom stereocenters. The van der Waals surface area contributed by atoms with E-state index in [1.54, 1.807) is 0 Å². The van der Waals surface area contributed by atoms with Gasteiger partial charge in [0.05, 0.1) is 11.1 Å². The maximum atomic E-state index is 8.98. The van der Waals surface area contributed by atoms with Crippen molar-refractivity contribution in [3.63, 3.8) is 0 Å². The molecule has 0 amide bonds. The van der Waals surface area contributed by atoms with Crippen LogP contribution in [0.25, 0.3) is 0 Å². The number of aliphatic hydroxyl groups is 1. The molecule has 4 heteroatoms. The van der Waals surface area contributed by atoms with Crippen LogP contribution in [0.15, 0.2) is 46.9 Å². The molecule has 3 N–H and O–H groups in total. The van der Waals surface area contributed by atoms with Crippen LogP contribution in [0.1, 0.15) is 24.1 Å². The molecule has 2 aromatic rings. The molecular weight excluding hydrogens is 306 g/mol. The van der Waals surface area contributed by atoms with Crippen molar-refractivity contribution in [2.24, 2.45) is 5.73 Å². The summed E-state index contributed by atoms with van der Waals surface area (Å²) in [6.45, 7) is 1.98. The highest BCUT2D eigenvalue weighted by Gasteiger charge is 2.06. The third kappa shape index (κ3) is 3.56. The van der Waals surface area contributed by atoms with Gasteiger partial charge in [0.15, 0.2) is 0 Å². The van der Waals surface area contributed by atoms with Crippen molar-refractivity contribution < 1.29 is 9.84 Å². The fraction of sp³-hybridized carbons (Fsp3) is 0.200. The van der Waals surface area contributed by atoms with Crippen LogP contribution < -0.4 is 10.5 Å². The Morgan fingerprint density at radius 3 is 2.42 bits per heavy atom. The Bertz CT molecular complexity index is 553. The Morgan fingerprint density at radius 2 is 1.89 bits per heavy atom. The van der Waals surface area contributed by atoms with Gasteiger partial charge >= 0.3 is 0 Å². The Morgan fingerprint density at radius 1 is 1.21 bits per heavy atom. The Kier molecular flexibility index (Phi) is 4.58. The second-order valence-corrected chi connectivity index (χ2v) is 5.24. The summed E-state index contributed by atoms with van der Waals surface area (Å²) >= 11 is 3.48. The lowest BCUT2D eigenvalue weighted by atomic mass is 10.1. The maximum absolute atomic E-state index is 8.98. The Balaban J connectivity index is 2.18. The van der Waals surface area contributed by atoms with Crippen molar-refractivity contribution in [3.8, 4) is 11.5 Å². The summed E-state index contributed by atoms with van der Waals surface area (Å²) in [7, 11) is 0. The number of benzene rings is 2. The molecule has 3 nitrogen and oxygen atoms in total. The molecule has 0 fully saturated rings.